The Morgan fingerprint density at radius 2 is 0.964 bits per heavy atom. The fourth-order valence-corrected chi connectivity index (χ4v) is 6.57. The molecule has 0 saturated heterocycles. The van der Waals surface area contributed by atoms with Gasteiger partial charge in [0.05, 0.1) is 0 Å². The summed E-state index contributed by atoms with van der Waals surface area (Å²) in [5.41, 5.74) is 4.64. The quantitative estimate of drug-likeness (QED) is 0.499. The molecule has 0 unspecified atom stereocenters. The van der Waals surface area contributed by atoms with E-state index in [1.165, 1.54) is 112 Å². The van der Waals surface area contributed by atoms with Crippen LogP contribution in [0.5, 0.6) is 0 Å². The molecule has 0 bridgehead atoms. The van der Waals surface area contributed by atoms with Gasteiger partial charge in [-0.05, 0) is 73.0 Å². The number of rotatable bonds is 4. The second-order valence-corrected chi connectivity index (χ2v) is 9.72. The van der Waals surface area contributed by atoms with Gasteiger partial charge in [0.15, 0.2) is 0 Å². The Bertz CT molecular complexity index is 543. The first-order valence-electron chi connectivity index (χ1n) is 11.8. The van der Waals surface area contributed by atoms with Gasteiger partial charge >= 0.3 is 0 Å². The average molecular weight is 405 g/mol. The number of benzene rings is 1. The summed E-state index contributed by atoms with van der Waals surface area (Å²) in [6.45, 7) is 0. The molecule has 3 heteroatoms. The van der Waals surface area contributed by atoms with E-state index >= 15 is 0 Å². The van der Waals surface area contributed by atoms with Crippen molar-refractivity contribution in [3.8, 4) is 0 Å². The lowest BCUT2D eigenvalue weighted by atomic mass is 9.76. The smallest absolute Gasteiger partial charge is 0.0420 e. The Morgan fingerprint density at radius 3 is 1.32 bits per heavy atom. The van der Waals surface area contributed by atoms with Crippen LogP contribution in [-0.2, 0) is 0 Å². The molecule has 1 aromatic carbocycles. The minimum absolute atomic E-state index is 0.685. The van der Waals surface area contributed by atoms with Crippen molar-refractivity contribution < 1.29 is 9.66 Å². The summed E-state index contributed by atoms with van der Waals surface area (Å²) >= 11 is 1.06. The maximum atomic E-state index is 10.3. The molecule has 0 atom stereocenters. The Labute approximate surface area is 176 Å². The van der Waals surface area contributed by atoms with Gasteiger partial charge < -0.3 is 9.66 Å². The number of aliphatic hydroxyl groups is 1. The van der Waals surface area contributed by atoms with Crippen molar-refractivity contribution >= 4 is 12.0 Å². The van der Waals surface area contributed by atoms with E-state index in [0.717, 1.165) is 25.1 Å². The van der Waals surface area contributed by atoms with E-state index in [1.807, 2.05) is 0 Å². The normalized spacial score (nSPS) is 22.5. The second-order valence-electron chi connectivity index (χ2n) is 9.12. The maximum Gasteiger partial charge on any atom is 0.0420 e. The van der Waals surface area contributed by atoms with Crippen molar-refractivity contribution in [2.45, 2.75) is 119 Å². The lowest BCUT2D eigenvalue weighted by molar-refractivity contribution is 0.399. The fraction of sp³-hybridized carbons (Fsp3) is 0.760. The van der Waals surface area contributed by atoms with Crippen LogP contribution in [0.1, 0.15) is 131 Å². The lowest BCUT2D eigenvalue weighted by Crippen LogP contribution is -2.13. The summed E-state index contributed by atoms with van der Waals surface area (Å²) in [4.78, 5) is 1.25. The van der Waals surface area contributed by atoms with Crippen molar-refractivity contribution in [3.63, 3.8) is 0 Å². The first-order chi connectivity index (χ1) is 13.9. The van der Waals surface area contributed by atoms with Gasteiger partial charge in [-0.3, -0.25) is 0 Å². The molecule has 3 saturated carbocycles. The Kier molecular flexibility index (Phi) is 9.20. The summed E-state index contributed by atoms with van der Waals surface area (Å²) < 4.78 is 10.3. The zero-order valence-electron chi connectivity index (χ0n) is 17.8. The molecule has 0 spiro atoms. The standard InChI is InChI=1S/C24H36OS.CH4O/c25-26-24-22(19-12-6-2-7-13-19)16-21(18-10-4-1-5-11-18)17-23(24)20-14-8-3-9-15-20;1-2/h16-20,25H,1-15H2;2H,1H3. The molecule has 2 nitrogen and oxygen atoms in total. The highest BCUT2D eigenvalue weighted by Gasteiger charge is 2.27. The Morgan fingerprint density at radius 1 is 0.607 bits per heavy atom. The van der Waals surface area contributed by atoms with E-state index in [1.54, 1.807) is 5.56 Å². The molecule has 3 aliphatic rings. The molecule has 0 radical (unpaired) electrons. The predicted molar refractivity (Wildman–Crippen MR) is 121 cm³/mol. The third-order valence-corrected chi connectivity index (χ3v) is 8.08. The second kappa shape index (κ2) is 11.6. The van der Waals surface area contributed by atoms with Gasteiger partial charge in [-0.15, -0.1) is 0 Å². The minimum atomic E-state index is 0.685. The van der Waals surface area contributed by atoms with Crippen LogP contribution in [0.2, 0.25) is 0 Å². The SMILES string of the molecule is CO.OSc1c(C2CCCCC2)cc(C2CCCCC2)cc1C1CCCCC1. The van der Waals surface area contributed by atoms with Crippen molar-refractivity contribution in [2.24, 2.45) is 0 Å². The highest BCUT2D eigenvalue weighted by atomic mass is 32.2. The molecular weight excluding hydrogens is 364 g/mol. The van der Waals surface area contributed by atoms with Crippen LogP contribution >= 0.6 is 12.0 Å². The summed E-state index contributed by atoms with van der Waals surface area (Å²) in [6, 6.07) is 5.08. The molecule has 0 aliphatic heterocycles. The molecule has 28 heavy (non-hydrogen) atoms. The molecule has 0 aromatic heterocycles. The van der Waals surface area contributed by atoms with Crippen molar-refractivity contribution in [2.75, 3.05) is 7.11 Å². The molecule has 0 heterocycles. The van der Waals surface area contributed by atoms with Crippen LogP contribution in [0.3, 0.4) is 0 Å². The van der Waals surface area contributed by atoms with Crippen LogP contribution in [0.4, 0.5) is 0 Å². The lowest BCUT2D eigenvalue weighted by Gasteiger charge is -2.31. The van der Waals surface area contributed by atoms with Crippen LogP contribution in [-0.4, -0.2) is 16.8 Å². The Hall–Kier alpha value is -0.510. The van der Waals surface area contributed by atoms with E-state index in [0.29, 0.717) is 11.8 Å². The van der Waals surface area contributed by atoms with Gasteiger partial charge in [0, 0.05) is 24.0 Å². The van der Waals surface area contributed by atoms with Crippen molar-refractivity contribution in [3.05, 3.63) is 28.8 Å². The topological polar surface area (TPSA) is 40.5 Å². The number of hydrogen-bond acceptors (Lipinski definition) is 3. The monoisotopic (exact) mass is 404 g/mol. The van der Waals surface area contributed by atoms with Gasteiger partial charge in [-0.2, -0.15) is 0 Å². The van der Waals surface area contributed by atoms with Gasteiger partial charge in [0.1, 0.15) is 0 Å². The average Bonchev–Trinajstić information content (AvgIpc) is 2.81. The van der Waals surface area contributed by atoms with Crippen LogP contribution in [0.15, 0.2) is 17.0 Å². The first kappa shape index (κ1) is 22.2. The zero-order chi connectivity index (χ0) is 19.8. The molecule has 3 fully saturated rings. The summed E-state index contributed by atoms with van der Waals surface area (Å²) in [6.07, 6.45) is 20.5. The Balaban J connectivity index is 0.00000109. The van der Waals surface area contributed by atoms with Gasteiger partial charge in [-0.1, -0.05) is 69.9 Å². The number of hydrogen-bond donors (Lipinski definition) is 2. The van der Waals surface area contributed by atoms with Crippen molar-refractivity contribution in [1.29, 1.82) is 0 Å². The van der Waals surface area contributed by atoms with E-state index in [4.69, 9.17) is 5.11 Å². The molecule has 158 valence electrons. The summed E-state index contributed by atoms with van der Waals surface area (Å²) in [5, 5.41) is 7.00. The van der Waals surface area contributed by atoms with Gasteiger partial charge in [0.2, 0.25) is 0 Å². The van der Waals surface area contributed by atoms with E-state index in [9.17, 15) is 4.55 Å². The molecule has 2 N–H and O–H groups in total. The molecular formula is C25H40O2S. The largest absolute Gasteiger partial charge is 0.400 e. The van der Waals surface area contributed by atoms with Crippen LogP contribution in [0, 0.1) is 0 Å². The summed E-state index contributed by atoms with van der Waals surface area (Å²) in [7, 11) is 1.00. The minimum Gasteiger partial charge on any atom is -0.400 e. The highest BCUT2D eigenvalue weighted by Crippen LogP contribution is 2.46. The summed E-state index contributed by atoms with van der Waals surface area (Å²) in [5.74, 6) is 2.14. The maximum absolute atomic E-state index is 10.3. The third kappa shape index (κ3) is 5.34. The number of aliphatic hydroxyl groups excluding tert-OH is 1. The third-order valence-electron chi connectivity index (χ3n) is 7.43. The van der Waals surface area contributed by atoms with Crippen LogP contribution in [0.25, 0.3) is 0 Å². The van der Waals surface area contributed by atoms with E-state index in [2.05, 4.69) is 12.1 Å². The zero-order valence-corrected chi connectivity index (χ0v) is 18.6. The fourth-order valence-electron chi connectivity index (χ4n) is 5.91. The first-order valence-corrected chi connectivity index (χ1v) is 12.6. The predicted octanol–water partition coefficient (Wildman–Crippen LogP) is 8.00. The van der Waals surface area contributed by atoms with E-state index in [-0.39, 0.29) is 0 Å². The van der Waals surface area contributed by atoms with Gasteiger partial charge in [-0.25, -0.2) is 0 Å². The highest BCUT2D eigenvalue weighted by molar-refractivity contribution is 7.93. The molecule has 0 amide bonds. The van der Waals surface area contributed by atoms with E-state index < -0.39 is 0 Å². The molecule has 4 rings (SSSR count). The van der Waals surface area contributed by atoms with Crippen LogP contribution < -0.4 is 0 Å². The van der Waals surface area contributed by atoms with Gasteiger partial charge in [0.25, 0.3) is 0 Å². The molecule has 3 aliphatic carbocycles. The van der Waals surface area contributed by atoms with Crippen molar-refractivity contribution in [1.82, 2.24) is 0 Å². The molecule has 1 aromatic rings.